The number of carbonyl (C=O) groups is 3. The Hall–Kier alpha value is -4.33. The van der Waals surface area contributed by atoms with E-state index in [0.717, 1.165) is 5.56 Å². The van der Waals surface area contributed by atoms with Gasteiger partial charge in [0.1, 0.15) is 17.3 Å². The highest BCUT2D eigenvalue weighted by atomic mass is 16.7. The zero-order valence-corrected chi connectivity index (χ0v) is 48.0. The third kappa shape index (κ3) is 13.5. The van der Waals surface area contributed by atoms with Gasteiger partial charge in [-0.3, -0.25) is 4.79 Å². The van der Waals surface area contributed by atoms with Crippen molar-refractivity contribution in [2.75, 3.05) is 28.3 Å². The number of esters is 3. The van der Waals surface area contributed by atoms with Gasteiger partial charge in [-0.15, -0.1) is 0 Å². The van der Waals surface area contributed by atoms with E-state index in [2.05, 4.69) is 6.92 Å². The molecule has 77 heavy (non-hydrogen) atoms. The van der Waals surface area contributed by atoms with Crippen molar-refractivity contribution >= 4 is 17.9 Å². The molecule has 4 fully saturated rings. The van der Waals surface area contributed by atoms with Crippen LogP contribution in [0.15, 0.2) is 91.0 Å². The summed E-state index contributed by atoms with van der Waals surface area (Å²) < 4.78 is 74.1. The number of ether oxygens (including phenoxy) is 11. The van der Waals surface area contributed by atoms with Gasteiger partial charge in [0.05, 0.1) is 65.3 Å². The van der Waals surface area contributed by atoms with Gasteiger partial charge >= 0.3 is 17.9 Å². The fourth-order valence-corrected chi connectivity index (χ4v) is 12.7. The lowest BCUT2D eigenvalue weighted by molar-refractivity contribution is -0.363. The highest BCUT2D eigenvalue weighted by molar-refractivity contribution is 5.90. The number of hydrogen-bond acceptors (Lipinski definition) is 16. The third-order valence-electron chi connectivity index (χ3n) is 16.8. The maximum atomic E-state index is 15.4. The van der Waals surface area contributed by atoms with Gasteiger partial charge in [-0.1, -0.05) is 94.4 Å². The summed E-state index contributed by atoms with van der Waals surface area (Å²) in [5.74, 6) is -5.41. The second kappa shape index (κ2) is 25.0. The summed E-state index contributed by atoms with van der Waals surface area (Å²) >= 11 is 0. The van der Waals surface area contributed by atoms with Gasteiger partial charge in [0.15, 0.2) is 30.6 Å². The monoisotopic (exact) mass is 1070 g/mol. The molecule has 4 heterocycles. The number of benzene rings is 3. The lowest BCUT2D eigenvalue weighted by atomic mass is 9.71. The topological polar surface area (TPSA) is 176 Å². The van der Waals surface area contributed by atoms with Crippen molar-refractivity contribution < 1.29 is 71.6 Å². The molecule has 3 aromatic carbocycles. The zero-order chi connectivity index (χ0) is 56.2. The molecule has 2 unspecified atom stereocenters. The average Bonchev–Trinajstić information content (AvgIpc) is 3.40. The number of fused-ring (bicyclic) bond motifs is 2. The van der Waals surface area contributed by atoms with E-state index < -0.39 is 120 Å². The smallest absolute Gasteiger partial charge is 0.338 e. The molecule has 0 saturated carbocycles. The van der Waals surface area contributed by atoms with Gasteiger partial charge in [-0.05, 0) is 118 Å². The van der Waals surface area contributed by atoms with Crippen molar-refractivity contribution in [3.8, 4) is 0 Å². The number of methoxy groups -OCH3 is 2. The molecule has 0 aliphatic carbocycles. The van der Waals surface area contributed by atoms with E-state index in [0.29, 0.717) is 24.0 Å². The largest absolute Gasteiger partial charge is 0.459 e. The second-order valence-electron chi connectivity index (χ2n) is 23.4. The summed E-state index contributed by atoms with van der Waals surface area (Å²) in [4.78, 5) is 45.0. The Kier molecular flexibility index (Phi) is 19.6. The molecule has 3 aromatic rings. The molecule has 4 saturated heterocycles. The van der Waals surface area contributed by atoms with Gasteiger partial charge in [-0.25, -0.2) is 9.59 Å². The lowest BCUT2D eigenvalue weighted by Crippen LogP contribution is -2.66. The number of cyclic esters (lactones) is 1. The molecule has 1 N–H and O–H groups in total. The molecular formula is C61H87NO15. The van der Waals surface area contributed by atoms with E-state index in [-0.39, 0.29) is 37.3 Å². The Balaban J connectivity index is 1.35. The van der Waals surface area contributed by atoms with Crippen LogP contribution in [-0.2, 0) is 63.3 Å². The van der Waals surface area contributed by atoms with E-state index in [1.807, 2.05) is 117 Å². The van der Waals surface area contributed by atoms with Crippen LogP contribution < -0.4 is 0 Å². The van der Waals surface area contributed by atoms with Crippen LogP contribution in [0.25, 0.3) is 0 Å². The predicted octanol–water partition coefficient (Wildman–Crippen LogP) is 8.98. The minimum atomic E-state index is -1.75. The van der Waals surface area contributed by atoms with Crippen LogP contribution in [0.1, 0.15) is 128 Å². The van der Waals surface area contributed by atoms with Crippen LogP contribution in [0.4, 0.5) is 0 Å². The lowest BCUT2D eigenvalue weighted by Gasteiger charge is -2.55. The van der Waals surface area contributed by atoms with E-state index in [1.54, 1.807) is 76.6 Å². The molecule has 16 nitrogen and oxygen atoms in total. The Morgan fingerprint density at radius 2 is 1.26 bits per heavy atom. The summed E-state index contributed by atoms with van der Waals surface area (Å²) in [6.07, 6.45) is -8.21. The summed E-state index contributed by atoms with van der Waals surface area (Å²) in [5, 5.41) is 13.5. The zero-order valence-electron chi connectivity index (χ0n) is 48.0. The van der Waals surface area contributed by atoms with Crippen LogP contribution in [0.2, 0.25) is 0 Å². The van der Waals surface area contributed by atoms with Crippen LogP contribution >= 0.6 is 0 Å². The van der Waals surface area contributed by atoms with Crippen molar-refractivity contribution in [1.29, 1.82) is 0 Å². The Labute approximate surface area is 457 Å². The van der Waals surface area contributed by atoms with Crippen molar-refractivity contribution in [2.24, 2.45) is 23.7 Å². The first kappa shape index (κ1) is 60.3. The van der Waals surface area contributed by atoms with Crippen LogP contribution in [0.5, 0.6) is 0 Å². The first-order chi connectivity index (χ1) is 36.4. The molecule has 0 aromatic heterocycles. The van der Waals surface area contributed by atoms with Gasteiger partial charge in [0.2, 0.25) is 0 Å². The van der Waals surface area contributed by atoms with Crippen LogP contribution in [-0.4, -0.2) is 152 Å². The molecule has 0 radical (unpaired) electrons. The van der Waals surface area contributed by atoms with Crippen molar-refractivity contribution in [3.63, 3.8) is 0 Å². The van der Waals surface area contributed by atoms with Crippen molar-refractivity contribution in [2.45, 2.75) is 204 Å². The summed E-state index contributed by atoms with van der Waals surface area (Å²) in [6, 6.07) is 26.8. The van der Waals surface area contributed by atoms with E-state index in [1.165, 1.54) is 0 Å². The molecule has 16 heteroatoms. The maximum Gasteiger partial charge on any atom is 0.338 e. The summed E-state index contributed by atoms with van der Waals surface area (Å²) in [5.41, 5.74) is -2.49. The van der Waals surface area contributed by atoms with Gasteiger partial charge in [0.25, 0.3) is 0 Å². The maximum absolute atomic E-state index is 15.4. The molecule has 2 bridgehead atoms. The number of carbonyl (C=O) groups excluding carboxylic acids is 3. The van der Waals surface area contributed by atoms with E-state index in [4.69, 9.17) is 52.1 Å². The minimum absolute atomic E-state index is 0.0844. The Morgan fingerprint density at radius 1 is 0.701 bits per heavy atom. The molecule has 7 rings (SSSR count). The third-order valence-corrected chi connectivity index (χ3v) is 16.8. The Bertz CT molecular complexity index is 2390. The molecule has 0 spiro atoms. The number of aliphatic hydroxyl groups is 1. The van der Waals surface area contributed by atoms with Crippen molar-refractivity contribution in [1.82, 2.24) is 4.90 Å². The van der Waals surface area contributed by atoms with Crippen LogP contribution in [0.3, 0.4) is 0 Å². The van der Waals surface area contributed by atoms with Crippen molar-refractivity contribution in [3.05, 3.63) is 108 Å². The number of rotatable bonds is 14. The summed E-state index contributed by atoms with van der Waals surface area (Å²) in [7, 11) is 7.05. The van der Waals surface area contributed by atoms with E-state index >= 15 is 4.79 Å². The SMILES string of the molecule is CC[C@H]1OC(=O)[C@H](C)[C@@H](OC2C[C@@](C)(OC)[C@@H](OC(=O)c3ccccc3)[C@H](C)O2)[C@H](C)[C@@H](OC2O[C@H](C)C[C@H](N(C)C)[C@H]2OC(=O)c2ccccc2)[C@](C)(OC)C[C@@H](C)[C@@H]2OC(C)(C)O[C@H]([C@H]2C)[C@@]1(O)Cc1ccccc1. The number of nitrogens with zero attached hydrogens (tertiary/aromatic N) is 1. The van der Waals surface area contributed by atoms with E-state index in [9.17, 15) is 14.7 Å². The standard InChI is InChI=1S/C61H87NO15/c1-16-46-61(66,34-42-26-20-17-21-27-42)52-38(4)48(76-58(8,9)77-52)36(2)33-59(10,67-14)51(75-57-50(45(62(12)13)32-37(3)69-57)73-55(64)43-28-22-18-23-29-43)39(5)49(40(6)54(63)71-46)72-47-35-60(11,68-15)53(41(7)70-47)74-56(65)44-30-24-19-25-31-44/h17-31,36-41,45-53,57,66H,16,32-35H2,1-15H3/t36-,37-,38+,39+,40-,41+,45+,46-,47?,48+,49+,50-,51-,52-,53+,57?,59-,60-,61-/m1/s1. The molecule has 19 atom stereocenters. The fraction of sp³-hybridized carbons (Fsp3) is 0.656. The highest BCUT2D eigenvalue weighted by Gasteiger charge is 2.59. The first-order valence-electron chi connectivity index (χ1n) is 27.6. The number of hydrogen-bond donors (Lipinski definition) is 1. The number of likely N-dealkylation sites (N-methyl/N-ethyl adjacent to an activating group) is 1. The average molecular weight is 1070 g/mol. The molecule has 0 amide bonds. The minimum Gasteiger partial charge on any atom is -0.459 e. The molecule has 4 aliphatic rings. The first-order valence-corrected chi connectivity index (χ1v) is 27.6. The quantitative estimate of drug-likeness (QED) is 0.119. The van der Waals surface area contributed by atoms with Crippen LogP contribution in [0, 0.1) is 23.7 Å². The second-order valence-corrected chi connectivity index (χ2v) is 23.4. The van der Waals surface area contributed by atoms with Gasteiger partial charge in [-0.2, -0.15) is 0 Å². The molecule has 4 aliphatic heterocycles. The normalized spacial score (nSPS) is 38.9. The predicted molar refractivity (Wildman–Crippen MR) is 288 cm³/mol. The summed E-state index contributed by atoms with van der Waals surface area (Å²) in [6.45, 7) is 20.9. The van der Waals surface area contributed by atoms with Gasteiger partial charge < -0.3 is 62.1 Å². The Morgan fingerprint density at radius 3 is 1.82 bits per heavy atom. The van der Waals surface area contributed by atoms with Gasteiger partial charge in [0, 0.05) is 38.9 Å². The molecular weight excluding hydrogens is 987 g/mol. The fourth-order valence-electron chi connectivity index (χ4n) is 12.7. The molecule has 426 valence electrons. The highest BCUT2D eigenvalue weighted by Crippen LogP contribution is 2.47.